The first-order valence-electron chi connectivity index (χ1n) is 12.5. The van der Waals surface area contributed by atoms with Crippen LogP contribution in [0.15, 0.2) is 76.1 Å². The Balaban J connectivity index is 2.05. The quantitative estimate of drug-likeness (QED) is 0.303. The topological polar surface area (TPSA) is 86.8 Å². The van der Waals surface area contributed by atoms with Crippen molar-refractivity contribution in [1.29, 1.82) is 0 Å². The minimum Gasteiger partial charge on any atom is -0.352 e. The highest BCUT2D eigenvalue weighted by atomic mass is 79.9. The smallest absolute Gasteiger partial charge is 0.264 e. The van der Waals surface area contributed by atoms with Crippen molar-refractivity contribution in [3.8, 4) is 0 Å². The fourth-order valence-corrected chi connectivity index (χ4v) is 5.72. The molecular formula is C29H33BrClN3O4S. The summed E-state index contributed by atoms with van der Waals surface area (Å²) in [4.78, 5) is 28.3. The maximum Gasteiger partial charge on any atom is 0.264 e. The molecule has 10 heteroatoms. The SMILES string of the molecule is Cc1ccc(S(=O)(=O)N(CC(=O)N(Cc2ccc(Br)cc2)[C@@H](C)C(=O)NC(C)C)c2ccc(C)c(Cl)c2)cc1. The highest BCUT2D eigenvalue weighted by Crippen LogP contribution is 2.29. The van der Waals surface area contributed by atoms with Crippen molar-refractivity contribution in [2.45, 2.75) is 58.1 Å². The second-order valence-electron chi connectivity index (χ2n) is 9.75. The lowest BCUT2D eigenvalue weighted by Gasteiger charge is -2.32. The number of amides is 2. The van der Waals surface area contributed by atoms with Gasteiger partial charge in [0.25, 0.3) is 10.0 Å². The molecule has 0 fully saturated rings. The van der Waals surface area contributed by atoms with Crippen molar-refractivity contribution in [1.82, 2.24) is 10.2 Å². The Morgan fingerprint density at radius 2 is 1.56 bits per heavy atom. The summed E-state index contributed by atoms with van der Waals surface area (Å²) in [5, 5.41) is 3.22. The first kappa shape index (κ1) is 30.7. The van der Waals surface area contributed by atoms with Gasteiger partial charge in [-0.25, -0.2) is 8.42 Å². The standard InChI is InChI=1S/C29H33BrClN3O4S/c1-19(2)32-29(36)22(5)33(17-23-9-11-24(30)12-10-23)28(35)18-34(25-13-8-21(4)27(31)16-25)39(37,38)26-14-6-20(3)7-15-26/h6-16,19,22H,17-18H2,1-5H3,(H,32,36)/t22-/m0/s1. The van der Waals surface area contributed by atoms with E-state index in [1.54, 1.807) is 31.2 Å². The molecule has 0 radical (unpaired) electrons. The Labute approximate surface area is 244 Å². The molecule has 0 aromatic heterocycles. The molecule has 7 nitrogen and oxygen atoms in total. The number of rotatable bonds is 10. The molecule has 39 heavy (non-hydrogen) atoms. The second-order valence-corrected chi connectivity index (χ2v) is 12.9. The van der Waals surface area contributed by atoms with E-state index in [1.165, 1.54) is 23.1 Å². The van der Waals surface area contributed by atoms with Crippen molar-refractivity contribution in [2.75, 3.05) is 10.8 Å². The molecule has 0 unspecified atom stereocenters. The van der Waals surface area contributed by atoms with Gasteiger partial charge in [-0.1, -0.05) is 63.4 Å². The molecule has 0 heterocycles. The number of hydrogen-bond donors (Lipinski definition) is 1. The molecule has 208 valence electrons. The summed E-state index contributed by atoms with van der Waals surface area (Å²) in [6.07, 6.45) is 0. The number of aryl methyl sites for hydroxylation is 2. The summed E-state index contributed by atoms with van der Waals surface area (Å²) in [5.41, 5.74) is 2.72. The molecule has 0 saturated carbocycles. The van der Waals surface area contributed by atoms with E-state index in [9.17, 15) is 18.0 Å². The van der Waals surface area contributed by atoms with Crippen LogP contribution < -0.4 is 9.62 Å². The number of carbonyl (C=O) groups excluding carboxylic acids is 2. The van der Waals surface area contributed by atoms with Gasteiger partial charge in [-0.15, -0.1) is 0 Å². The van der Waals surface area contributed by atoms with Gasteiger partial charge in [0.1, 0.15) is 12.6 Å². The number of benzene rings is 3. The van der Waals surface area contributed by atoms with Crippen LogP contribution in [0.4, 0.5) is 5.69 Å². The van der Waals surface area contributed by atoms with E-state index in [0.29, 0.717) is 5.02 Å². The van der Waals surface area contributed by atoms with Gasteiger partial charge in [0.2, 0.25) is 11.8 Å². The molecule has 0 aliphatic heterocycles. The summed E-state index contributed by atoms with van der Waals surface area (Å²) in [6, 6.07) is 17.7. The zero-order valence-electron chi connectivity index (χ0n) is 22.6. The number of sulfonamides is 1. The first-order chi connectivity index (χ1) is 18.3. The fourth-order valence-electron chi connectivity index (χ4n) is 3.88. The second kappa shape index (κ2) is 13.0. The predicted molar refractivity (Wildman–Crippen MR) is 159 cm³/mol. The summed E-state index contributed by atoms with van der Waals surface area (Å²) < 4.78 is 29.7. The van der Waals surface area contributed by atoms with Gasteiger partial charge in [0.05, 0.1) is 10.6 Å². The molecule has 3 rings (SSSR count). The number of nitrogens with zero attached hydrogens (tertiary/aromatic N) is 2. The fraction of sp³-hybridized carbons (Fsp3) is 0.310. The van der Waals surface area contributed by atoms with Crippen LogP contribution in [0, 0.1) is 13.8 Å². The molecule has 3 aromatic rings. The first-order valence-corrected chi connectivity index (χ1v) is 15.1. The predicted octanol–water partition coefficient (Wildman–Crippen LogP) is 5.86. The van der Waals surface area contributed by atoms with Crippen molar-refractivity contribution in [3.63, 3.8) is 0 Å². The van der Waals surface area contributed by atoms with E-state index in [2.05, 4.69) is 21.2 Å². The van der Waals surface area contributed by atoms with Gasteiger partial charge < -0.3 is 10.2 Å². The Morgan fingerprint density at radius 1 is 0.949 bits per heavy atom. The average Bonchev–Trinajstić information content (AvgIpc) is 2.88. The molecule has 0 bridgehead atoms. The van der Waals surface area contributed by atoms with Gasteiger partial charge in [-0.2, -0.15) is 0 Å². The number of halogens is 2. The van der Waals surface area contributed by atoms with Crippen LogP contribution in [0.1, 0.15) is 37.5 Å². The lowest BCUT2D eigenvalue weighted by molar-refractivity contribution is -0.139. The molecule has 2 amide bonds. The zero-order chi connectivity index (χ0) is 28.9. The van der Waals surface area contributed by atoms with Crippen LogP contribution in [0.25, 0.3) is 0 Å². The van der Waals surface area contributed by atoms with Crippen molar-refractivity contribution < 1.29 is 18.0 Å². The van der Waals surface area contributed by atoms with E-state index in [0.717, 1.165) is 25.5 Å². The molecule has 0 aliphatic rings. The van der Waals surface area contributed by atoms with E-state index in [1.807, 2.05) is 52.0 Å². The van der Waals surface area contributed by atoms with Crippen LogP contribution in [-0.2, 0) is 26.2 Å². The number of nitrogens with one attached hydrogen (secondary N) is 1. The summed E-state index contributed by atoms with van der Waals surface area (Å²) in [5.74, 6) is -0.863. The molecule has 0 spiro atoms. The summed E-state index contributed by atoms with van der Waals surface area (Å²) in [7, 11) is -4.15. The monoisotopic (exact) mass is 633 g/mol. The Hall–Kier alpha value is -2.88. The molecule has 1 atom stereocenters. The van der Waals surface area contributed by atoms with Gasteiger partial charge in [-0.05, 0) is 82.1 Å². The highest BCUT2D eigenvalue weighted by Gasteiger charge is 2.32. The third-order valence-corrected chi connectivity index (χ3v) is 8.92. The maximum absolute atomic E-state index is 13.9. The van der Waals surface area contributed by atoms with Gasteiger partial charge >= 0.3 is 0 Å². The third-order valence-electron chi connectivity index (χ3n) is 6.20. The number of carbonyl (C=O) groups is 2. The lowest BCUT2D eigenvalue weighted by Crippen LogP contribution is -2.52. The minimum atomic E-state index is -4.15. The van der Waals surface area contributed by atoms with Crippen LogP contribution in [0.3, 0.4) is 0 Å². The molecular weight excluding hydrogens is 602 g/mol. The van der Waals surface area contributed by atoms with E-state index >= 15 is 0 Å². The summed E-state index contributed by atoms with van der Waals surface area (Å²) >= 11 is 9.77. The van der Waals surface area contributed by atoms with E-state index < -0.39 is 28.5 Å². The summed E-state index contributed by atoms with van der Waals surface area (Å²) in [6.45, 7) is 8.57. The Bertz CT molecular complexity index is 1430. The van der Waals surface area contributed by atoms with Crippen LogP contribution >= 0.6 is 27.5 Å². The third kappa shape index (κ3) is 7.84. The minimum absolute atomic E-state index is 0.0441. The van der Waals surface area contributed by atoms with Crippen LogP contribution in [0.2, 0.25) is 5.02 Å². The average molecular weight is 635 g/mol. The Morgan fingerprint density at radius 3 is 2.13 bits per heavy atom. The van der Waals surface area contributed by atoms with Crippen molar-refractivity contribution >= 4 is 55.1 Å². The van der Waals surface area contributed by atoms with E-state index in [4.69, 9.17) is 11.6 Å². The normalized spacial score (nSPS) is 12.2. The number of anilines is 1. The Kier molecular flexibility index (Phi) is 10.2. The van der Waals surface area contributed by atoms with Crippen molar-refractivity contribution in [3.05, 3.63) is 92.9 Å². The zero-order valence-corrected chi connectivity index (χ0v) is 25.8. The van der Waals surface area contributed by atoms with Gasteiger partial charge in [0.15, 0.2) is 0 Å². The molecule has 1 N–H and O–H groups in total. The largest absolute Gasteiger partial charge is 0.352 e. The van der Waals surface area contributed by atoms with E-state index in [-0.39, 0.29) is 29.1 Å². The van der Waals surface area contributed by atoms with Gasteiger partial charge in [-0.3, -0.25) is 13.9 Å². The molecule has 3 aromatic carbocycles. The molecule has 0 saturated heterocycles. The van der Waals surface area contributed by atoms with Crippen LogP contribution in [0.5, 0.6) is 0 Å². The highest BCUT2D eigenvalue weighted by molar-refractivity contribution is 9.10. The number of hydrogen-bond acceptors (Lipinski definition) is 4. The van der Waals surface area contributed by atoms with Crippen molar-refractivity contribution in [2.24, 2.45) is 0 Å². The maximum atomic E-state index is 13.9. The van der Waals surface area contributed by atoms with Gasteiger partial charge in [0, 0.05) is 22.1 Å². The van der Waals surface area contributed by atoms with Crippen LogP contribution in [-0.4, -0.2) is 43.8 Å². The molecule has 0 aliphatic carbocycles. The lowest BCUT2D eigenvalue weighted by atomic mass is 10.1.